The molecule has 0 saturated carbocycles. The highest BCUT2D eigenvalue weighted by atomic mass is 16.5. The van der Waals surface area contributed by atoms with Crippen LogP contribution in [0.3, 0.4) is 0 Å². The van der Waals surface area contributed by atoms with Gasteiger partial charge in [0.15, 0.2) is 0 Å². The molecule has 2 aromatic carbocycles. The summed E-state index contributed by atoms with van der Waals surface area (Å²) in [6, 6.07) is 11.2. The predicted octanol–water partition coefficient (Wildman–Crippen LogP) is 4.12. The van der Waals surface area contributed by atoms with Crippen LogP contribution in [0.15, 0.2) is 36.4 Å². The molecule has 7 heteroatoms. The summed E-state index contributed by atoms with van der Waals surface area (Å²) in [5.74, 6) is 0.780. The molecule has 3 aromatic rings. The van der Waals surface area contributed by atoms with Crippen LogP contribution in [-0.2, 0) is 0 Å². The lowest BCUT2D eigenvalue weighted by Gasteiger charge is -2.26. The van der Waals surface area contributed by atoms with Crippen LogP contribution in [0.4, 0.5) is 0 Å². The third kappa shape index (κ3) is 3.84. The van der Waals surface area contributed by atoms with E-state index < -0.39 is 0 Å². The molecule has 1 amide bonds. The maximum atomic E-state index is 13.2. The molecule has 0 spiro atoms. The molecule has 32 heavy (non-hydrogen) atoms. The fraction of sp³-hybridized carbons (Fsp3) is 0.360. The molecular weight excluding hydrogens is 406 g/mol. The Balaban J connectivity index is 1.82. The van der Waals surface area contributed by atoms with Crippen molar-refractivity contribution in [3.63, 3.8) is 0 Å². The van der Waals surface area contributed by atoms with Crippen LogP contribution in [0.25, 0.3) is 11.3 Å². The van der Waals surface area contributed by atoms with Gasteiger partial charge in [0.1, 0.15) is 22.9 Å². The highest BCUT2D eigenvalue weighted by Gasteiger charge is 2.42. The number of phenolic OH excluding ortho intramolecular Hbond substituents is 1. The third-order valence-electron chi connectivity index (χ3n) is 5.79. The number of phenols is 1. The van der Waals surface area contributed by atoms with Gasteiger partial charge < -0.3 is 19.8 Å². The first kappa shape index (κ1) is 21.9. The predicted molar refractivity (Wildman–Crippen MR) is 122 cm³/mol. The number of nitrogens with one attached hydrogen (secondary N) is 1. The Morgan fingerprint density at radius 1 is 1.19 bits per heavy atom. The van der Waals surface area contributed by atoms with Gasteiger partial charge >= 0.3 is 0 Å². The second kappa shape index (κ2) is 9.04. The molecule has 0 radical (unpaired) electrons. The number of fused-ring (bicyclic) bond motifs is 1. The number of aromatic hydroxyl groups is 1. The first-order valence-electron chi connectivity index (χ1n) is 11.0. The Hall–Kier alpha value is -3.32. The molecule has 1 unspecified atom stereocenters. The van der Waals surface area contributed by atoms with E-state index in [0.29, 0.717) is 36.5 Å². The number of hydrogen-bond acceptors (Lipinski definition) is 5. The Morgan fingerprint density at radius 3 is 2.62 bits per heavy atom. The van der Waals surface area contributed by atoms with Crippen molar-refractivity contribution >= 4 is 5.91 Å². The van der Waals surface area contributed by atoms with E-state index in [-0.39, 0.29) is 24.3 Å². The normalized spacial score (nSPS) is 15.3. The summed E-state index contributed by atoms with van der Waals surface area (Å²) in [5.41, 5.74) is 5.02. The van der Waals surface area contributed by atoms with Crippen molar-refractivity contribution in [2.24, 2.45) is 0 Å². The number of aromatic amines is 1. The number of aliphatic hydroxyl groups excluding tert-OH is 1. The summed E-state index contributed by atoms with van der Waals surface area (Å²) in [7, 11) is 0. The molecule has 4 rings (SSSR count). The van der Waals surface area contributed by atoms with E-state index in [0.717, 1.165) is 34.4 Å². The zero-order chi connectivity index (χ0) is 22.8. The van der Waals surface area contributed by atoms with Gasteiger partial charge in [-0.1, -0.05) is 25.1 Å². The number of aromatic nitrogens is 2. The fourth-order valence-electron chi connectivity index (χ4n) is 4.33. The number of amides is 1. The Morgan fingerprint density at radius 2 is 1.94 bits per heavy atom. The summed E-state index contributed by atoms with van der Waals surface area (Å²) in [5, 5.41) is 27.5. The summed E-state index contributed by atoms with van der Waals surface area (Å²) >= 11 is 0. The van der Waals surface area contributed by atoms with E-state index in [1.54, 1.807) is 4.90 Å². The average Bonchev–Trinajstić information content (AvgIpc) is 3.32. The van der Waals surface area contributed by atoms with Gasteiger partial charge in [-0.2, -0.15) is 5.10 Å². The zero-order valence-corrected chi connectivity index (χ0v) is 18.7. The van der Waals surface area contributed by atoms with Gasteiger partial charge in [-0.15, -0.1) is 0 Å². The first-order valence-corrected chi connectivity index (χ1v) is 11.0. The second-order valence-electron chi connectivity index (χ2n) is 8.23. The molecule has 2 heterocycles. The molecule has 168 valence electrons. The van der Waals surface area contributed by atoms with Crippen LogP contribution >= 0.6 is 0 Å². The molecule has 1 aromatic heterocycles. The molecule has 1 aliphatic heterocycles. The van der Waals surface area contributed by atoms with E-state index in [2.05, 4.69) is 17.1 Å². The van der Waals surface area contributed by atoms with Gasteiger partial charge in [-0.25, -0.2) is 0 Å². The largest absolute Gasteiger partial charge is 0.507 e. The number of nitrogens with zero attached hydrogens (tertiary/aromatic N) is 2. The van der Waals surface area contributed by atoms with E-state index in [1.807, 2.05) is 50.2 Å². The van der Waals surface area contributed by atoms with Gasteiger partial charge in [-0.05, 0) is 61.6 Å². The van der Waals surface area contributed by atoms with Gasteiger partial charge in [-0.3, -0.25) is 9.89 Å². The second-order valence-corrected chi connectivity index (χ2v) is 8.23. The maximum Gasteiger partial charge on any atom is 0.273 e. The van der Waals surface area contributed by atoms with Gasteiger partial charge in [0.2, 0.25) is 0 Å². The van der Waals surface area contributed by atoms with E-state index in [4.69, 9.17) is 4.74 Å². The number of ether oxygens (including phenoxy) is 1. The molecular formula is C25H29N3O4. The number of carbonyl (C=O) groups excluding carboxylic acids is 1. The van der Waals surface area contributed by atoms with Crippen molar-refractivity contribution < 1.29 is 19.7 Å². The molecule has 0 saturated heterocycles. The minimum Gasteiger partial charge on any atom is -0.507 e. The Labute approximate surface area is 187 Å². The highest BCUT2D eigenvalue weighted by molar-refractivity contribution is 6.00. The van der Waals surface area contributed by atoms with Crippen molar-refractivity contribution in [2.75, 3.05) is 19.8 Å². The van der Waals surface area contributed by atoms with Crippen LogP contribution in [-0.4, -0.2) is 51.0 Å². The minimum atomic E-state index is -0.377. The Kier molecular flexibility index (Phi) is 6.19. The molecule has 0 bridgehead atoms. The SMILES string of the molecule is CCCOc1ccc(C2c3c(-c4cc(C)cc(C)c4O)n[nH]c3C(=O)N2CCCO)cc1. The molecule has 1 atom stereocenters. The van der Waals surface area contributed by atoms with Crippen LogP contribution in [0.1, 0.15) is 58.5 Å². The van der Waals surface area contributed by atoms with Crippen molar-refractivity contribution in [2.45, 2.75) is 39.7 Å². The van der Waals surface area contributed by atoms with Crippen LogP contribution in [0.5, 0.6) is 11.5 Å². The number of aryl methyl sites for hydroxylation is 2. The number of aliphatic hydroxyl groups is 1. The number of H-pyrrole nitrogens is 1. The lowest BCUT2D eigenvalue weighted by Crippen LogP contribution is -2.31. The molecule has 3 N–H and O–H groups in total. The van der Waals surface area contributed by atoms with E-state index >= 15 is 0 Å². The number of benzene rings is 2. The zero-order valence-electron chi connectivity index (χ0n) is 18.7. The number of carbonyl (C=O) groups is 1. The van der Waals surface area contributed by atoms with Gasteiger partial charge in [0, 0.05) is 24.3 Å². The summed E-state index contributed by atoms with van der Waals surface area (Å²) in [6.45, 7) is 6.93. The summed E-state index contributed by atoms with van der Waals surface area (Å²) in [6.07, 6.45) is 1.40. The highest BCUT2D eigenvalue weighted by Crippen LogP contribution is 2.45. The van der Waals surface area contributed by atoms with E-state index in [1.165, 1.54) is 0 Å². The maximum absolute atomic E-state index is 13.2. The average molecular weight is 436 g/mol. The lowest BCUT2D eigenvalue weighted by molar-refractivity contribution is 0.0732. The molecule has 7 nitrogen and oxygen atoms in total. The standard InChI is InChI=1S/C25H29N3O4/c1-4-12-32-18-8-6-17(7-9-18)23-20-21(19-14-15(2)13-16(3)24(19)30)26-27-22(20)25(31)28(23)10-5-11-29/h6-9,13-14,23,29-30H,4-5,10-12H2,1-3H3,(H,26,27). The quantitative estimate of drug-likeness (QED) is 0.494. The fourth-order valence-corrected chi connectivity index (χ4v) is 4.33. The van der Waals surface area contributed by atoms with E-state index in [9.17, 15) is 15.0 Å². The molecule has 1 aliphatic rings. The van der Waals surface area contributed by atoms with Crippen molar-refractivity contribution in [3.8, 4) is 22.8 Å². The van der Waals surface area contributed by atoms with Crippen molar-refractivity contribution in [3.05, 3.63) is 64.3 Å². The number of rotatable bonds is 8. The van der Waals surface area contributed by atoms with Crippen molar-refractivity contribution in [1.29, 1.82) is 0 Å². The molecule has 0 aliphatic carbocycles. The smallest absolute Gasteiger partial charge is 0.273 e. The molecule has 0 fully saturated rings. The van der Waals surface area contributed by atoms with Gasteiger partial charge in [0.05, 0.1) is 12.6 Å². The summed E-state index contributed by atoms with van der Waals surface area (Å²) < 4.78 is 5.71. The monoisotopic (exact) mass is 435 g/mol. The van der Waals surface area contributed by atoms with Crippen LogP contribution in [0, 0.1) is 13.8 Å². The van der Waals surface area contributed by atoms with Crippen molar-refractivity contribution in [1.82, 2.24) is 15.1 Å². The number of hydrogen-bond donors (Lipinski definition) is 3. The van der Waals surface area contributed by atoms with Gasteiger partial charge in [0.25, 0.3) is 5.91 Å². The third-order valence-corrected chi connectivity index (χ3v) is 5.79. The summed E-state index contributed by atoms with van der Waals surface area (Å²) in [4.78, 5) is 15.0. The lowest BCUT2D eigenvalue weighted by atomic mass is 9.94. The Bertz CT molecular complexity index is 1120. The topological polar surface area (TPSA) is 98.7 Å². The first-order chi connectivity index (χ1) is 15.5. The van der Waals surface area contributed by atoms with Crippen LogP contribution in [0.2, 0.25) is 0 Å². The minimum absolute atomic E-state index is 0.00278. The van der Waals surface area contributed by atoms with Crippen LogP contribution < -0.4 is 4.74 Å².